The maximum Gasteiger partial charge on any atom is 0.269 e. The number of hydrogen-bond acceptors (Lipinski definition) is 6. The van der Waals surface area contributed by atoms with Gasteiger partial charge in [0.2, 0.25) is 0 Å². The highest BCUT2D eigenvalue weighted by Crippen LogP contribution is 2.39. The second-order valence-corrected chi connectivity index (χ2v) is 9.82. The van der Waals surface area contributed by atoms with Crippen LogP contribution in [0.5, 0.6) is 0 Å². The van der Waals surface area contributed by atoms with Crippen molar-refractivity contribution >= 4 is 40.3 Å². The molecular weight excluding hydrogens is 462 g/mol. The van der Waals surface area contributed by atoms with Crippen LogP contribution < -0.4 is 0 Å². The first-order valence-corrected chi connectivity index (χ1v) is 12.5. The Morgan fingerprint density at radius 1 is 1.03 bits per heavy atom. The maximum absolute atomic E-state index is 13.5. The van der Waals surface area contributed by atoms with Gasteiger partial charge in [-0.3, -0.25) is 19.8 Å². The van der Waals surface area contributed by atoms with E-state index in [1.165, 1.54) is 30.3 Å². The lowest BCUT2D eigenvalue weighted by molar-refractivity contribution is -0.384. The number of rotatable bonds is 5. The van der Waals surface area contributed by atoms with E-state index in [2.05, 4.69) is 0 Å². The number of furan rings is 1. The van der Waals surface area contributed by atoms with E-state index in [4.69, 9.17) is 9.41 Å². The minimum absolute atomic E-state index is 0.0267. The molecule has 0 spiro atoms. The predicted octanol–water partition coefficient (Wildman–Crippen LogP) is 7.10. The molecule has 5 rings (SSSR count). The van der Waals surface area contributed by atoms with E-state index in [1.54, 1.807) is 30.3 Å². The highest BCUT2D eigenvalue weighted by Gasteiger charge is 2.38. The zero-order valence-corrected chi connectivity index (χ0v) is 20.2. The summed E-state index contributed by atoms with van der Waals surface area (Å²) >= 11 is 1.38. The van der Waals surface area contributed by atoms with Crippen molar-refractivity contribution in [1.82, 2.24) is 4.90 Å². The topological polar surface area (TPSA) is 89.0 Å². The highest BCUT2D eigenvalue weighted by atomic mass is 32.2. The predicted molar refractivity (Wildman–Crippen MR) is 138 cm³/mol. The Hall–Kier alpha value is -3.65. The van der Waals surface area contributed by atoms with Gasteiger partial charge in [-0.25, -0.2) is 4.99 Å². The quantitative estimate of drug-likeness (QED) is 0.217. The van der Waals surface area contributed by atoms with Crippen molar-refractivity contribution in [3.63, 3.8) is 0 Å². The number of non-ortho nitro benzene ring substituents is 1. The van der Waals surface area contributed by atoms with E-state index in [9.17, 15) is 14.9 Å². The summed E-state index contributed by atoms with van der Waals surface area (Å²) in [6, 6.07) is 17.9. The van der Waals surface area contributed by atoms with Crippen molar-refractivity contribution in [2.45, 2.75) is 45.1 Å². The zero-order valence-electron chi connectivity index (χ0n) is 19.3. The monoisotopic (exact) mass is 487 g/mol. The van der Waals surface area contributed by atoms with Gasteiger partial charge in [-0.05, 0) is 67.9 Å². The first-order chi connectivity index (χ1) is 17.0. The van der Waals surface area contributed by atoms with E-state index in [-0.39, 0.29) is 17.6 Å². The van der Waals surface area contributed by atoms with Crippen LogP contribution in [0.15, 0.2) is 75.0 Å². The number of amidine groups is 1. The molecule has 1 saturated carbocycles. The zero-order chi connectivity index (χ0) is 24.4. The van der Waals surface area contributed by atoms with Gasteiger partial charge >= 0.3 is 0 Å². The largest absolute Gasteiger partial charge is 0.457 e. The highest BCUT2D eigenvalue weighted by molar-refractivity contribution is 8.18. The van der Waals surface area contributed by atoms with Crippen LogP contribution in [0.2, 0.25) is 0 Å². The fraction of sp³-hybridized carbons (Fsp3) is 0.259. The third-order valence-electron chi connectivity index (χ3n) is 6.30. The summed E-state index contributed by atoms with van der Waals surface area (Å²) in [5.41, 5.74) is 2.75. The lowest BCUT2D eigenvalue weighted by Gasteiger charge is -2.30. The van der Waals surface area contributed by atoms with E-state index >= 15 is 0 Å². The Labute approximate surface area is 207 Å². The normalized spacial score (nSPS) is 19.1. The molecule has 2 aliphatic rings. The molecule has 1 amide bonds. The molecule has 2 heterocycles. The minimum Gasteiger partial charge on any atom is -0.457 e. The molecule has 1 aliphatic carbocycles. The summed E-state index contributed by atoms with van der Waals surface area (Å²) in [7, 11) is 0. The fourth-order valence-corrected chi connectivity index (χ4v) is 5.46. The standard InChI is InChI=1S/C27H25N3O4S/c1-18-7-11-20(12-8-18)28-27-29(21-5-3-2-4-6-21)26(31)25(35-27)17-23-15-16-24(34-23)19-9-13-22(14-10-19)30(32)33/h7-17,21H,2-6H2,1H3/b25-17+,28-27?. The third kappa shape index (κ3) is 5.07. The van der Waals surface area contributed by atoms with Crippen molar-refractivity contribution in [3.05, 3.63) is 87.0 Å². The van der Waals surface area contributed by atoms with Gasteiger partial charge in [-0.15, -0.1) is 0 Å². The average molecular weight is 488 g/mol. The van der Waals surface area contributed by atoms with Crippen molar-refractivity contribution in [1.29, 1.82) is 0 Å². The van der Waals surface area contributed by atoms with Crippen LogP contribution in [-0.4, -0.2) is 26.9 Å². The van der Waals surface area contributed by atoms with Gasteiger partial charge in [0.25, 0.3) is 11.6 Å². The molecule has 0 N–H and O–H groups in total. The van der Waals surface area contributed by atoms with Gasteiger partial charge in [-0.2, -0.15) is 0 Å². The number of nitrogens with zero attached hydrogens (tertiary/aromatic N) is 3. The lowest BCUT2D eigenvalue weighted by atomic mass is 9.94. The number of aryl methyl sites for hydroxylation is 1. The second-order valence-electron chi connectivity index (χ2n) is 8.81. The molecule has 1 saturated heterocycles. The van der Waals surface area contributed by atoms with Gasteiger partial charge in [0.15, 0.2) is 5.17 Å². The molecule has 35 heavy (non-hydrogen) atoms. The molecule has 0 unspecified atom stereocenters. The number of carbonyl (C=O) groups is 1. The van der Waals surface area contributed by atoms with E-state index < -0.39 is 4.92 Å². The van der Waals surface area contributed by atoms with Gasteiger partial charge in [0.05, 0.1) is 15.5 Å². The Bertz CT molecular complexity index is 1300. The van der Waals surface area contributed by atoms with Gasteiger partial charge in [-0.1, -0.05) is 37.0 Å². The van der Waals surface area contributed by atoms with Crippen molar-refractivity contribution < 1.29 is 14.1 Å². The minimum atomic E-state index is -0.432. The van der Waals surface area contributed by atoms with Crippen LogP contribution in [0.4, 0.5) is 11.4 Å². The summed E-state index contributed by atoms with van der Waals surface area (Å²) in [5, 5.41) is 11.6. The first-order valence-electron chi connectivity index (χ1n) is 11.7. The van der Waals surface area contributed by atoms with Crippen LogP contribution in [-0.2, 0) is 4.79 Å². The number of nitro groups is 1. The molecule has 2 fully saturated rings. The van der Waals surface area contributed by atoms with Crippen molar-refractivity contribution in [3.8, 4) is 11.3 Å². The number of hydrogen-bond donors (Lipinski definition) is 0. The summed E-state index contributed by atoms with van der Waals surface area (Å²) < 4.78 is 5.96. The SMILES string of the molecule is Cc1ccc(N=C2S/C(=C/c3ccc(-c4ccc([N+](=O)[O-])cc4)o3)C(=O)N2C2CCCCC2)cc1. The van der Waals surface area contributed by atoms with Crippen LogP contribution in [0, 0.1) is 17.0 Å². The number of amides is 1. The van der Waals surface area contributed by atoms with E-state index in [0.717, 1.165) is 42.5 Å². The molecular formula is C27H25N3O4S. The maximum atomic E-state index is 13.5. The van der Waals surface area contributed by atoms with E-state index in [0.29, 0.717) is 21.6 Å². The molecule has 0 atom stereocenters. The number of aliphatic imine (C=N–C) groups is 1. The Kier molecular flexibility index (Phi) is 6.55. The van der Waals surface area contributed by atoms with Crippen LogP contribution in [0.1, 0.15) is 43.4 Å². The molecule has 178 valence electrons. The summed E-state index contributed by atoms with van der Waals surface area (Å²) in [4.78, 5) is 31.2. The molecule has 7 nitrogen and oxygen atoms in total. The van der Waals surface area contributed by atoms with Gasteiger partial charge in [0, 0.05) is 29.8 Å². The number of nitro benzene ring substituents is 1. The van der Waals surface area contributed by atoms with Gasteiger partial charge in [0.1, 0.15) is 11.5 Å². The molecule has 3 aromatic rings. The van der Waals surface area contributed by atoms with Crippen LogP contribution >= 0.6 is 11.8 Å². The Morgan fingerprint density at radius 2 is 1.74 bits per heavy atom. The molecule has 8 heteroatoms. The number of thioether (sulfide) groups is 1. The smallest absolute Gasteiger partial charge is 0.269 e. The fourth-order valence-electron chi connectivity index (χ4n) is 4.42. The number of carbonyl (C=O) groups excluding carboxylic acids is 1. The average Bonchev–Trinajstić information content (AvgIpc) is 3.46. The number of benzene rings is 2. The molecule has 2 aromatic carbocycles. The molecule has 0 radical (unpaired) electrons. The second kappa shape index (κ2) is 9.92. The third-order valence-corrected chi connectivity index (χ3v) is 7.28. The van der Waals surface area contributed by atoms with Crippen molar-refractivity contribution in [2.75, 3.05) is 0 Å². The van der Waals surface area contributed by atoms with Crippen LogP contribution in [0.25, 0.3) is 17.4 Å². The summed E-state index contributed by atoms with van der Waals surface area (Å²) in [6.45, 7) is 2.04. The lowest BCUT2D eigenvalue weighted by Crippen LogP contribution is -2.40. The molecule has 0 bridgehead atoms. The van der Waals surface area contributed by atoms with Gasteiger partial charge < -0.3 is 4.42 Å². The molecule has 1 aromatic heterocycles. The Morgan fingerprint density at radius 3 is 2.43 bits per heavy atom. The van der Waals surface area contributed by atoms with Crippen molar-refractivity contribution in [2.24, 2.45) is 4.99 Å². The first kappa shape index (κ1) is 23.1. The summed E-state index contributed by atoms with van der Waals surface area (Å²) in [5.74, 6) is 1.09. The molecule has 1 aliphatic heterocycles. The summed E-state index contributed by atoms with van der Waals surface area (Å²) in [6.07, 6.45) is 7.17. The van der Waals surface area contributed by atoms with Crippen LogP contribution in [0.3, 0.4) is 0 Å². The van der Waals surface area contributed by atoms with E-state index in [1.807, 2.05) is 36.1 Å². The Balaban J connectivity index is 1.43.